The first kappa shape index (κ1) is 29.5. The Morgan fingerprint density at radius 2 is 1.95 bits per heavy atom. The van der Waals surface area contributed by atoms with Crippen molar-refractivity contribution < 1.29 is 37.3 Å². The minimum absolute atomic E-state index is 0.0720. The van der Waals surface area contributed by atoms with Crippen molar-refractivity contribution >= 4 is 22.6 Å². The summed E-state index contributed by atoms with van der Waals surface area (Å²) < 4.78 is 61.9. The number of anilines is 1. The number of hydrogen-bond donors (Lipinski definition) is 3. The third-order valence-corrected chi connectivity index (χ3v) is 7.79. The number of methoxy groups -OCH3 is 1. The van der Waals surface area contributed by atoms with Crippen LogP contribution in [0.4, 0.5) is 23.2 Å². The normalized spacial score (nSPS) is 16.1. The molecule has 11 heteroatoms. The van der Waals surface area contributed by atoms with Crippen LogP contribution < -0.4 is 10.1 Å². The van der Waals surface area contributed by atoms with Crippen molar-refractivity contribution in [1.82, 2.24) is 9.88 Å². The Bertz CT molecular complexity index is 1340. The van der Waals surface area contributed by atoms with Gasteiger partial charge >= 0.3 is 5.97 Å². The van der Waals surface area contributed by atoms with Crippen molar-refractivity contribution in [3.8, 4) is 5.75 Å². The predicted octanol–water partition coefficient (Wildman–Crippen LogP) is 5.61. The zero-order valence-corrected chi connectivity index (χ0v) is 22.2. The van der Waals surface area contributed by atoms with Gasteiger partial charge in [-0.25, -0.2) is 17.6 Å². The average Bonchev–Trinajstić information content (AvgIpc) is 2.94. The number of piperidine rings is 1. The number of aliphatic hydroxyl groups is 1. The van der Waals surface area contributed by atoms with Crippen LogP contribution in [0.5, 0.6) is 5.75 Å². The second-order valence-corrected chi connectivity index (χ2v) is 10.3. The summed E-state index contributed by atoms with van der Waals surface area (Å²) in [5.74, 6) is -3.72. The second kappa shape index (κ2) is 12.8. The lowest BCUT2D eigenvalue weighted by molar-refractivity contribution is -0.141. The number of likely N-dealkylation sites (tertiary alicyclic amines) is 1. The molecule has 1 aliphatic heterocycles. The van der Waals surface area contributed by atoms with Gasteiger partial charge in [0.15, 0.2) is 11.6 Å². The molecule has 1 saturated heterocycles. The Kier molecular flexibility index (Phi) is 9.47. The Morgan fingerprint density at radius 1 is 1.20 bits per heavy atom. The zero-order chi connectivity index (χ0) is 28.9. The van der Waals surface area contributed by atoms with Gasteiger partial charge in [-0.05, 0) is 62.4 Å². The number of nitrogens with one attached hydrogen (secondary N) is 1. The van der Waals surface area contributed by atoms with Crippen LogP contribution >= 0.6 is 0 Å². The van der Waals surface area contributed by atoms with Gasteiger partial charge in [0.2, 0.25) is 0 Å². The Morgan fingerprint density at radius 3 is 2.62 bits per heavy atom. The molecule has 7 nitrogen and oxygen atoms in total. The summed E-state index contributed by atoms with van der Waals surface area (Å²) in [6.07, 6.45) is 1.35. The number of carboxylic acid groups (broad SMARTS) is 1. The molecule has 1 aliphatic rings. The third kappa shape index (κ3) is 6.82. The van der Waals surface area contributed by atoms with Crippen LogP contribution in [0.3, 0.4) is 0 Å². The molecule has 0 bridgehead atoms. The molecule has 2 aromatic carbocycles. The topological polar surface area (TPSA) is 94.9 Å². The lowest BCUT2D eigenvalue weighted by Crippen LogP contribution is -2.43. The highest BCUT2D eigenvalue weighted by molar-refractivity contribution is 5.85. The van der Waals surface area contributed by atoms with Crippen LogP contribution in [0.2, 0.25) is 0 Å². The maximum absolute atomic E-state index is 15.9. The molecule has 0 saturated carbocycles. The number of halogens is 4. The van der Waals surface area contributed by atoms with Gasteiger partial charge in [-0.1, -0.05) is 0 Å². The number of carbonyl (C=O) groups is 1. The number of hydrogen-bond acceptors (Lipinski definition) is 6. The van der Waals surface area contributed by atoms with Gasteiger partial charge in [0.05, 0.1) is 31.3 Å². The molecule has 0 amide bonds. The number of carboxylic acids is 1. The average molecular weight is 564 g/mol. The van der Waals surface area contributed by atoms with Crippen molar-refractivity contribution in [3.05, 3.63) is 65.1 Å². The van der Waals surface area contributed by atoms with Gasteiger partial charge in [0, 0.05) is 47.9 Å². The van der Waals surface area contributed by atoms with Gasteiger partial charge in [-0.3, -0.25) is 9.78 Å². The van der Waals surface area contributed by atoms with E-state index in [0.717, 1.165) is 6.07 Å². The summed E-state index contributed by atoms with van der Waals surface area (Å²) in [6, 6.07) is 6.51. The third-order valence-electron chi connectivity index (χ3n) is 7.79. The molecule has 1 aromatic heterocycles. The van der Waals surface area contributed by atoms with Crippen molar-refractivity contribution in [3.63, 3.8) is 0 Å². The quantitative estimate of drug-likeness (QED) is 0.195. The van der Waals surface area contributed by atoms with Crippen molar-refractivity contribution in [1.29, 1.82) is 0 Å². The van der Waals surface area contributed by atoms with Crippen LogP contribution in [0.25, 0.3) is 10.9 Å². The van der Waals surface area contributed by atoms with Crippen molar-refractivity contribution in [2.75, 3.05) is 38.6 Å². The molecule has 0 unspecified atom stereocenters. The van der Waals surface area contributed by atoms with E-state index in [1.165, 1.54) is 13.3 Å². The maximum Gasteiger partial charge on any atom is 0.303 e. The molecule has 0 spiro atoms. The highest BCUT2D eigenvalue weighted by Crippen LogP contribution is 2.43. The number of aliphatic carboxylic acids is 1. The van der Waals surface area contributed by atoms with Crippen LogP contribution in [0, 0.1) is 22.9 Å². The minimum atomic E-state index is -1.45. The molecular weight excluding hydrogens is 530 g/mol. The maximum atomic E-state index is 15.9. The highest BCUT2D eigenvalue weighted by atomic mass is 19.2. The predicted molar refractivity (Wildman–Crippen MR) is 142 cm³/mol. The number of aliphatic hydroxyl groups excluding tert-OH is 1. The van der Waals surface area contributed by atoms with Crippen LogP contribution in [-0.2, 0) is 11.4 Å². The molecule has 40 heavy (non-hydrogen) atoms. The monoisotopic (exact) mass is 563 g/mol. The summed E-state index contributed by atoms with van der Waals surface area (Å²) in [5, 5.41) is 22.8. The number of benzene rings is 2. The van der Waals surface area contributed by atoms with E-state index < -0.39 is 35.0 Å². The SMILES string of the molecule is COc1ccc2ncc(CO)c([C@@H](F)CCC3(CC(=O)O)CCN(CCNc4cc(F)cc(F)c4F)CC3)c2c1. The zero-order valence-electron chi connectivity index (χ0n) is 22.2. The number of pyridine rings is 1. The van der Waals surface area contributed by atoms with E-state index in [4.69, 9.17) is 4.74 Å². The number of ether oxygens (including phenoxy) is 1. The molecular formula is C29H33F4N3O4. The molecule has 0 aliphatic carbocycles. The van der Waals surface area contributed by atoms with Gasteiger partial charge < -0.3 is 25.2 Å². The van der Waals surface area contributed by atoms with Gasteiger partial charge in [-0.15, -0.1) is 0 Å². The second-order valence-electron chi connectivity index (χ2n) is 10.3. The summed E-state index contributed by atoms with van der Waals surface area (Å²) in [5.41, 5.74) is 0.405. The first-order chi connectivity index (χ1) is 19.1. The highest BCUT2D eigenvalue weighted by Gasteiger charge is 2.37. The van der Waals surface area contributed by atoms with Gasteiger partial charge in [0.25, 0.3) is 0 Å². The molecule has 0 radical (unpaired) electrons. The number of aromatic nitrogens is 1. The van der Waals surface area contributed by atoms with Crippen molar-refractivity contribution in [2.45, 2.75) is 44.9 Å². The lowest BCUT2D eigenvalue weighted by Gasteiger charge is -2.41. The van der Waals surface area contributed by atoms with Gasteiger partial charge in [0.1, 0.15) is 17.7 Å². The largest absolute Gasteiger partial charge is 0.497 e. The Labute approximate surface area is 229 Å². The van der Waals surface area contributed by atoms with E-state index in [9.17, 15) is 28.2 Å². The van der Waals surface area contributed by atoms with E-state index in [2.05, 4.69) is 15.2 Å². The lowest BCUT2D eigenvalue weighted by atomic mass is 9.71. The summed E-state index contributed by atoms with van der Waals surface area (Å²) in [7, 11) is 1.51. The van der Waals surface area contributed by atoms with Crippen LogP contribution in [0.1, 0.15) is 49.4 Å². The number of rotatable bonds is 12. The smallest absolute Gasteiger partial charge is 0.303 e. The fourth-order valence-corrected chi connectivity index (χ4v) is 5.55. The first-order valence-electron chi connectivity index (χ1n) is 13.2. The van der Waals surface area contributed by atoms with Gasteiger partial charge in [-0.2, -0.15) is 0 Å². The summed E-state index contributed by atoms with van der Waals surface area (Å²) >= 11 is 0. The van der Waals surface area contributed by atoms with Crippen molar-refractivity contribution in [2.24, 2.45) is 5.41 Å². The van der Waals surface area contributed by atoms with Crippen LogP contribution in [0.15, 0.2) is 36.5 Å². The standard InChI is InChI=1S/C29H33F4N3O4/c1-40-20-2-3-24-21(14-20)27(18(17-37)16-35-24)22(31)4-5-29(15-26(38)39)6-9-36(10-7-29)11-8-34-25-13-19(30)12-23(32)28(25)33/h2-3,12-14,16,22,34,37H,4-11,15,17H2,1H3,(H,38,39)/t22-/m0/s1. The fourth-order valence-electron chi connectivity index (χ4n) is 5.55. The molecule has 216 valence electrons. The molecule has 3 N–H and O–H groups in total. The summed E-state index contributed by atoms with van der Waals surface area (Å²) in [6.45, 7) is 1.40. The Hall–Kier alpha value is -3.44. The number of fused-ring (bicyclic) bond motifs is 1. The molecule has 4 rings (SSSR count). The Balaban J connectivity index is 1.41. The number of alkyl halides is 1. The molecule has 1 fully saturated rings. The molecule has 2 heterocycles. The van der Waals surface area contributed by atoms with Crippen LogP contribution in [-0.4, -0.2) is 59.4 Å². The summed E-state index contributed by atoms with van der Waals surface area (Å²) in [4.78, 5) is 18.1. The van der Waals surface area contributed by atoms with E-state index in [0.29, 0.717) is 72.7 Å². The molecule has 3 aromatic rings. The fraction of sp³-hybridized carbons (Fsp3) is 0.448. The van der Waals surface area contributed by atoms with E-state index in [1.807, 2.05) is 0 Å². The minimum Gasteiger partial charge on any atom is -0.497 e. The molecule has 1 atom stereocenters. The van der Waals surface area contributed by atoms with E-state index in [1.54, 1.807) is 18.2 Å². The first-order valence-corrected chi connectivity index (χ1v) is 13.2. The van der Waals surface area contributed by atoms with E-state index in [-0.39, 0.29) is 31.7 Å². The number of nitrogens with zero attached hydrogens (tertiary/aromatic N) is 2. The van der Waals surface area contributed by atoms with E-state index >= 15 is 4.39 Å².